The molecule has 1 N–H and O–H groups in total. The van der Waals surface area contributed by atoms with Gasteiger partial charge in [-0.05, 0) is 25.3 Å². The summed E-state index contributed by atoms with van der Waals surface area (Å²) in [6.07, 6.45) is 2.66. The summed E-state index contributed by atoms with van der Waals surface area (Å²) in [5.41, 5.74) is 1.04. The quantitative estimate of drug-likeness (QED) is 0.917. The van der Waals surface area contributed by atoms with Crippen molar-refractivity contribution in [2.45, 2.75) is 25.8 Å². The lowest BCUT2D eigenvalue weighted by molar-refractivity contribution is -0.126. The van der Waals surface area contributed by atoms with Crippen molar-refractivity contribution in [3.8, 4) is 0 Å². The summed E-state index contributed by atoms with van der Waals surface area (Å²) in [5, 5.41) is 2.98. The molecular formula is C15H22N2O3S. The van der Waals surface area contributed by atoms with Crippen LogP contribution in [0, 0.1) is 5.92 Å². The average molecular weight is 310 g/mol. The third-order valence-corrected chi connectivity index (χ3v) is 5.15. The highest BCUT2D eigenvalue weighted by molar-refractivity contribution is 7.88. The molecule has 1 fully saturated rings. The summed E-state index contributed by atoms with van der Waals surface area (Å²) in [6.45, 7) is 2.73. The Morgan fingerprint density at radius 1 is 1.33 bits per heavy atom. The maximum absolute atomic E-state index is 12.3. The number of benzene rings is 1. The molecule has 2 rings (SSSR count). The Kier molecular flexibility index (Phi) is 5.00. The summed E-state index contributed by atoms with van der Waals surface area (Å²) in [7, 11) is -3.22. The minimum atomic E-state index is -3.22. The standard InChI is InChI=1S/C15H22N2O3S/c1-12(13-7-4-3-5-8-13)16-15(18)14-9-6-10-17(11-14)21(2,19)20/h3-5,7-8,12,14H,6,9-11H2,1-2H3,(H,16,18)/t12-,14+/m0/s1. The number of nitrogens with one attached hydrogen (secondary N) is 1. The van der Waals surface area contributed by atoms with Crippen LogP contribution in [0.5, 0.6) is 0 Å². The Morgan fingerprint density at radius 3 is 2.62 bits per heavy atom. The number of hydrogen-bond donors (Lipinski definition) is 1. The zero-order valence-corrected chi connectivity index (χ0v) is 13.3. The molecule has 21 heavy (non-hydrogen) atoms. The molecule has 0 radical (unpaired) electrons. The van der Waals surface area contributed by atoms with Crippen LogP contribution in [0.15, 0.2) is 30.3 Å². The number of carbonyl (C=O) groups excluding carboxylic acids is 1. The highest BCUT2D eigenvalue weighted by Crippen LogP contribution is 2.20. The molecule has 0 spiro atoms. The lowest BCUT2D eigenvalue weighted by Gasteiger charge is -2.30. The summed E-state index contributed by atoms with van der Waals surface area (Å²) >= 11 is 0. The van der Waals surface area contributed by atoms with E-state index in [1.165, 1.54) is 10.6 Å². The molecule has 1 aromatic rings. The average Bonchev–Trinajstić information content (AvgIpc) is 2.47. The minimum absolute atomic E-state index is 0.0697. The van der Waals surface area contributed by atoms with Crippen LogP contribution in [0.2, 0.25) is 0 Å². The number of rotatable bonds is 4. The first kappa shape index (κ1) is 16.0. The van der Waals surface area contributed by atoms with E-state index < -0.39 is 10.0 Å². The number of carbonyl (C=O) groups is 1. The van der Waals surface area contributed by atoms with Gasteiger partial charge in [-0.3, -0.25) is 4.79 Å². The van der Waals surface area contributed by atoms with Crippen LogP contribution in [-0.4, -0.2) is 38.0 Å². The van der Waals surface area contributed by atoms with Gasteiger partial charge in [0.2, 0.25) is 15.9 Å². The molecule has 1 heterocycles. The van der Waals surface area contributed by atoms with Crippen molar-refractivity contribution in [2.24, 2.45) is 5.92 Å². The molecule has 1 amide bonds. The van der Waals surface area contributed by atoms with Crippen molar-refractivity contribution in [1.82, 2.24) is 9.62 Å². The molecule has 1 aliphatic heterocycles. The van der Waals surface area contributed by atoms with Gasteiger partial charge in [0, 0.05) is 13.1 Å². The molecule has 6 heteroatoms. The van der Waals surface area contributed by atoms with Crippen molar-refractivity contribution >= 4 is 15.9 Å². The van der Waals surface area contributed by atoms with E-state index in [2.05, 4.69) is 5.32 Å². The van der Waals surface area contributed by atoms with Crippen molar-refractivity contribution in [1.29, 1.82) is 0 Å². The van der Waals surface area contributed by atoms with E-state index in [4.69, 9.17) is 0 Å². The van der Waals surface area contributed by atoms with Gasteiger partial charge in [0.15, 0.2) is 0 Å². The van der Waals surface area contributed by atoms with Gasteiger partial charge in [-0.25, -0.2) is 12.7 Å². The molecule has 5 nitrogen and oxygen atoms in total. The van der Waals surface area contributed by atoms with E-state index in [1.807, 2.05) is 37.3 Å². The van der Waals surface area contributed by atoms with E-state index in [9.17, 15) is 13.2 Å². The van der Waals surface area contributed by atoms with Crippen molar-refractivity contribution in [2.75, 3.05) is 19.3 Å². The lowest BCUT2D eigenvalue weighted by Crippen LogP contribution is -2.45. The highest BCUT2D eigenvalue weighted by Gasteiger charge is 2.30. The van der Waals surface area contributed by atoms with Crippen molar-refractivity contribution < 1.29 is 13.2 Å². The fraction of sp³-hybridized carbons (Fsp3) is 0.533. The van der Waals surface area contributed by atoms with Gasteiger partial charge in [0.05, 0.1) is 18.2 Å². The Morgan fingerprint density at radius 2 is 2.00 bits per heavy atom. The smallest absolute Gasteiger partial charge is 0.224 e. The molecule has 0 saturated carbocycles. The predicted molar refractivity (Wildman–Crippen MR) is 82.1 cm³/mol. The molecule has 0 aliphatic carbocycles. The van der Waals surface area contributed by atoms with Crippen LogP contribution < -0.4 is 5.32 Å². The second kappa shape index (κ2) is 6.58. The fourth-order valence-electron chi connectivity index (χ4n) is 2.61. The molecule has 1 aromatic carbocycles. The zero-order chi connectivity index (χ0) is 15.5. The minimum Gasteiger partial charge on any atom is -0.349 e. The molecule has 0 bridgehead atoms. The second-order valence-electron chi connectivity index (χ2n) is 5.60. The third-order valence-electron chi connectivity index (χ3n) is 3.88. The Balaban J connectivity index is 1.97. The van der Waals surface area contributed by atoms with E-state index in [0.29, 0.717) is 6.54 Å². The van der Waals surface area contributed by atoms with E-state index >= 15 is 0 Å². The summed E-state index contributed by atoms with van der Waals surface area (Å²) in [6, 6.07) is 9.66. The van der Waals surface area contributed by atoms with Crippen LogP contribution in [0.3, 0.4) is 0 Å². The number of nitrogens with zero attached hydrogens (tertiary/aromatic N) is 1. The van der Waals surface area contributed by atoms with Gasteiger partial charge in [-0.15, -0.1) is 0 Å². The first-order chi connectivity index (χ1) is 9.88. The summed E-state index contributed by atoms with van der Waals surface area (Å²) < 4.78 is 24.6. The number of hydrogen-bond acceptors (Lipinski definition) is 3. The monoisotopic (exact) mass is 310 g/mol. The van der Waals surface area contributed by atoms with Gasteiger partial charge in [-0.1, -0.05) is 30.3 Å². The molecule has 1 aliphatic rings. The SMILES string of the molecule is C[C@H](NC(=O)[C@@H]1CCCN(S(C)(=O)=O)C1)c1ccccc1. The van der Waals surface area contributed by atoms with Crippen LogP contribution in [0.1, 0.15) is 31.4 Å². The van der Waals surface area contributed by atoms with E-state index in [-0.39, 0.29) is 24.4 Å². The predicted octanol–water partition coefficient (Wildman–Crippen LogP) is 1.54. The van der Waals surface area contributed by atoms with Gasteiger partial charge >= 0.3 is 0 Å². The first-order valence-electron chi connectivity index (χ1n) is 7.18. The van der Waals surface area contributed by atoms with Gasteiger partial charge < -0.3 is 5.32 Å². The van der Waals surface area contributed by atoms with E-state index in [0.717, 1.165) is 18.4 Å². The third kappa shape index (κ3) is 4.28. The topological polar surface area (TPSA) is 66.5 Å². The second-order valence-corrected chi connectivity index (χ2v) is 7.58. The maximum Gasteiger partial charge on any atom is 0.224 e. The van der Waals surface area contributed by atoms with Crippen molar-refractivity contribution in [3.63, 3.8) is 0 Å². The molecule has 116 valence electrons. The molecule has 0 unspecified atom stereocenters. The van der Waals surface area contributed by atoms with Crippen LogP contribution in [0.4, 0.5) is 0 Å². The van der Waals surface area contributed by atoms with E-state index in [1.54, 1.807) is 0 Å². The van der Waals surface area contributed by atoms with Gasteiger partial charge in [0.1, 0.15) is 0 Å². The molecule has 0 aromatic heterocycles. The summed E-state index contributed by atoms with van der Waals surface area (Å²) in [5.74, 6) is -0.334. The van der Waals surface area contributed by atoms with Crippen molar-refractivity contribution in [3.05, 3.63) is 35.9 Å². The Hall–Kier alpha value is -1.40. The Bertz CT molecular complexity index is 586. The Labute approximate surface area is 126 Å². The number of sulfonamides is 1. The summed E-state index contributed by atoms with van der Waals surface area (Å²) in [4.78, 5) is 12.3. The van der Waals surface area contributed by atoms with Crippen LogP contribution in [0.25, 0.3) is 0 Å². The highest BCUT2D eigenvalue weighted by atomic mass is 32.2. The number of piperidine rings is 1. The van der Waals surface area contributed by atoms with Crippen LogP contribution in [-0.2, 0) is 14.8 Å². The lowest BCUT2D eigenvalue weighted by atomic mass is 9.98. The zero-order valence-electron chi connectivity index (χ0n) is 12.5. The largest absolute Gasteiger partial charge is 0.349 e. The van der Waals surface area contributed by atoms with Gasteiger partial charge in [0.25, 0.3) is 0 Å². The normalized spacial score (nSPS) is 21.7. The molecule has 2 atom stereocenters. The van der Waals surface area contributed by atoms with Crippen LogP contribution >= 0.6 is 0 Å². The fourth-order valence-corrected chi connectivity index (χ4v) is 3.53. The maximum atomic E-state index is 12.3. The molecular weight excluding hydrogens is 288 g/mol. The number of amides is 1. The first-order valence-corrected chi connectivity index (χ1v) is 9.03. The van der Waals surface area contributed by atoms with Gasteiger partial charge in [-0.2, -0.15) is 0 Å². The molecule has 1 saturated heterocycles.